The zero-order chi connectivity index (χ0) is 15.3. The van der Waals surface area contributed by atoms with Gasteiger partial charge in [-0.05, 0) is 40.4 Å². The van der Waals surface area contributed by atoms with Crippen LogP contribution in [0.2, 0.25) is 0 Å². The van der Waals surface area contributed by atoms with Crippen LogP contribution in [0.5, 0.6) is 0 Å². The Balaban J connectivity index is 2.96. The molecule has 114 valence electrons. The molecule has 0 saturated heterocycles. The van der Waals surface area contributed by atoms with Gasteiger partial charge in [0.1, 0.15) is 4.21 Å². The van der Waals surface area contributed by atoms with Crippen LogP contribution < -0.4 is 4.72 Å². The Morgan fingerprint density at radius 1 is 1.55 bits per heavy atom. The van der Waals surface area contributed by atoms with E-state index >= 15 is 0 Å². The predicted molar refractivity (Wildman–Crippen MR) is 86.4 cm³/mol. The Morgan fingerprint density at radius 3 is 2.65 bits per heavy atom. The van der Waals surface area contributed by atoms with Crippen molar-refractivity contribution in [2.24, 2.45) is 5.92 Å². The molecule has 1 heterocycles. The summed E-state index contributed by atoms with van der Waals surface area (Å²) in [5.74, 6) is 0.0307. The highest BCUT2D eigenvalue weighted by Gasteiger charge is 2.29. The van der Waals surface area contributed by atoms with E-state index in [9.17, 15) is 13.5 Å². The Labute approximate surface area is 133 Å². The minimum absolute atomic E-state index is 0.0307. The molecule has 0 saturated carbocycles. The first-order valence-electron chi connectivity index (χ1n) is 6.38. The molecule has 0 fully saturated rings. The molecule has 0 bridgehead atoms. The van der Waals surface area contributed by atoms with E-state index in [1.807, 2.05) is 13.8 Å². The van der Waals surface area contributed by atoms with Gasteiger partial charge in [0.25, 0.3) is 0 Å². The Kier molecular flexibility index (Phi) is 6.87. The lowest BCUT2D eigenvalue weighted by atomic mass is 9.94. The molecular formula is C13H20BrNO3S2. The molecule has 0 aliphatic heterocycles. The molecule has 1 aromatic heterocycles. The minimum atomic E-state index is -3.61. The topological polar surface area (TPSA) is 66.4 Å². The molecule has 0 aliphatic rings. The van der Waals surface area contributed by atoms with Gasteiger partial charge < -0.3 is 5.11 Å². The summed E-state index contributed by atoms with van der Waals surface area (Å²) in [6, 6.07) is 2.71. The summed E-state index contributed by atoms with van der Waals surface area (Å²) in [5, 5.41) is 10.1. The van der Waals surface area contributed by atoms with E-state index in [0.29, 0.717) is 6.42 Å². The smallest absolute Gasteiger partial charge is 0.250 e. The number of thiophene rings is 1. The fourth-order valence-electron chi connectivity index (χ4n) is 1.82. The van der Waals surface area contributed by atoms with Gasteiger partial charge in [0, 0.05) is 0 Å². The Bertz CT molecular complexity index is 542. The number of rotatable bonds is 8. The highest BCUT2D eigenvalue weighted by Crippen LogP contribution is 2.27. The van der Waals surface area contributed by atoms with Gasteiger partial charge in [-0.1, -0.05) is 26.3 Å². The van der Waals surface area contributed by atoms with Crippen molar-refractivity contribution < 1.29 is 13.5 Å². The van der Waals surface area contributed by atoms with Crippen molar-refractivity contribution in [1.29, 1.82) is 0 Å². The zero-order valence-corrected chi connectivity index (χ0v) is 14.8. The van der Waals surface area contributed by atoms with Crippen molar-refractivity contribution in [3.8, 4) is 0 Å². The molecule has 0 spiro atoms. The van der Waals surface area contributed by atoms with Gasteiger partial charge in [-0.2, -0.15) is 0 Å². The van der Waals surface area contributed by atoms with Crippen molar-refractivity contribution in [2.75, 3.05) is 0 Å². The summed E-state index contributed by atoms with van der Waals surface area (Å²) < 4.78 is 28.3. The monoisotopic (exact) mass is 381 g/mol. The molecule has 1 aromatic rings. The van der Waals surface area contributed by atoms with Crippen LogP contribution in [0.15, 0.2) is 32.8 Å². The molecule has 0 unspecified atom stereocenters. The standard InChI is InChI=1S/C13H20BrNO3S2/c1-4-6-10(16)13(9(3)5-2)15-20(17,18)12-8-7-11(14)19-12/h4,7-10,13,15-16H,1,5-6H2,2-3H3/t9-,10-,13-/m0/s1. The molecule has 2 N–H and O–H groups in total. The largest absolute Gasteiger partial charge is 0.391 e. The quantitative estimate of drug-likeness (QED) is 0.679. The van der Waals surface area contributed by atoms with E-state index in [1.54, 1.807) is 18.2 Å². The first-order chi connectivity index (χ1) is 9.31. The van der Waals surface area contributed by atoms with Crippen molar-refractivity contribution >= 4 is 37.3 Å². The van der Waals surface area contributed by atoms with Crippen LogP contribution in [-0.4, -0.2) is 25.7 Å². The lowest BCUT2D eigenvalue weighted by molar-refractivity contribution is 0.114. The minimum Gasteiger partial charge on any atom is -0.391 e. The van der Waals surface area contributed by atoms with E-state index in [4.69, 9.17) is 0 Å². The summed E-state index contributed by atoms with van der Waals surface area (Å²) in [6.45, 7) is 7.47. The van der Waals surface area contributed by atoms with Crippen LogP contribution in [0, 0.1) is 5.92 Å². The summed E-state index contributed by atoms with van der Waals surface area (Å²) in [5.41, 5.74) is 0. The first-order valence-corrected chi connectivity index (χ1v) is 9.47. The molecule has 20 heavy (non-hydrogen) atoms. The Morgan fingerprint density at radius 2 is 2.20 bits per heavy atom. The van der Waals surface area contributed by atoms with Crippen LogP contribution in [-0.2, 0) is 10.0 Å². The van der Waals surface area contributed by atoms with E-state index < -0.39 is 22.2 Å². The third-order valence-electron chi connectivity index (χ3n) is 3.18. The summed E-state index contributed by atoms with van der Waals surface area (Å²) >= 11 is 4.40. The van der Waals surface area contributed by atoms with Crippen LogP contribution in [0.3, 0.4) is 0 Å². The Hall–Kier alpha value is -0.210. The molecule has 0 amide bonds. The van der Waals surface area contributed by atoms with Gasteiger partial charge >= 0.3 is 0 Å². The van der Waals surface area contributed by atoms with Gasteiger partial charge in [-0.15, -0.1) is 17.9 Å². The molecule has 1 rings (SSSR count). The van der Waals surface area contributed by atoms with Gasteiger partial charge in [0.05, 0.1) is 15.9 Å². The number of hydrogen-bond donors (Lipinski definition) is 2. The third kappa shape index (κ3) is 4.66. The summed E-state index contributed by atoms with van der Waals surface area (Å²) in [4.78, 5) is 0. The van der Waals surface area contributed by atoms with E-state index in [2.05, 4.69) is 27.2 Å². The van der Waals surface area contributed by atoms with Gasteiger partial charge in [0.2, 0.25) is 10.0 Å². The average Bonchev–Trinajstić information content (AvgIpc) is 2.83. The summed E-state index contributed by atoms with van der Waals surface area (Å²) in [6.07, 6.45) is 1.94. The van der Waals surface area contributed by atoms with Crippen molar-refractivity contribution in [3.63, 3.8) is 0 Å². The molecule has 7 heteroatoms. The van der Waals surface area contributed by atoms with Crippen molar-refractivity contribution in [2.45, 2.75) is 43.0 Å². The van der Waals surface area contributed by atoms with Crippen LogP contribution in [0.4, 0.5) is 0 Å². The molecule has 0 aliphatic carbocycles. The second-order valence-electron chi connectivity index (χ2n) is 4.68. The second-order valence-corrected chi connectivity index (χ2v) is 9.09. The number of aliphatic hydroxyl groups is 1. The number of sulfonamides is 1. The highest BCUT2D eigenvalue weighted by molar-refractivity contribution is 9.11. The third-order valence-corrected chi connectivity index (χ3v) is 6.76. The first kappa shape index (κ1) is 17.8. The van der Waals surface area contributed by atoms with E-state index in [0.717, 1.165) is 21.5 Å². The maximum atomic E-state index is 12.3. The van der Waals surface area contributed by atoms with Gasteiger partial charge in [0.15, 0.2) is 0 Å². The summed E-state index contributed by atoms with van der Waals surface area (Å²) in [7, 11) is -3.61. The number of nitrogens with one attached hydrogen (secondary N) is 1. The number of hydrogen-bond acceptors (Lipinski definition) is 4. The predicted octanol–water partition coefficient (Wildman–Crippen LogP) is 3.14. The molecule has 4 nitrogen and oxygen atoms in total. The molecule has 3 atom stereocenters. The SMILES string of the molecule is C=CC[C@H](O)[C@@H](NS(=O)(=O)c1ccc(Br)s1)[C@@H](C)CC. The lowest BCUT2D eigenvalue weighted by Crippen LogP contribution is -2.46. The maximum Gasteiger partial charge on any atom is 0.250 e. The number of halogens is 1. The fraction of sp³-hybridized carbons (Fsp3) is 0.538. The lowest BCUT2D eigenvalue weighted by Gasteiger charge is -2.28. The normalized spacial score (nSPS) is 16.6. The molecule has 0 aromatic carbocycles. The van der Waals surface area contributed by atoms with Crippen LogP contribution in [0.1, 0.15) is 26.7 Å². The molecule has 0 radical (unpaired) electrons. The van der Waals surface area contributed by atoms with E-state index in [-0.39, 0.29) is 10.1 Å². The molecular weight excluding hydrogens is 362 g/mol. The highest BCUT2D eigenvalue weighted by atomic mass is 79.9. The number of aliphatic hydroxyl groups excluding tert-OH is 1. The van der Waals surface area contributed by atoms with Crippen molar-refractivity contribution in [1.82, 2.24) is 4.72 Å². The second kappa shape index (κ2) is 7.70. The van der Waals surface area contributed by atoms with Crippen LogP contribution >= 0.6 is 27.3 Å². The zero-order valence-electron chi connectivity index (χ0n) is 11.5. The van der Waals surface area contributed by atoms with Crippen molar-refractivity contribution in [3.05, 3.63) is 28.6 Å². The maximum absolute atomic E-state index is 12.3. The van der Waals surface area contributed by atoms with Gasteiger partial charge in [-0.3, -0.25) is 0 Å². The van der Waals surface area contributed by atoms with E-state index in [1.165, 1.54) is 0 Å². The van der Waals surface area contributed by atoms with Gasteiger partial charge in [-0.25, -0.2) is 13.1 Å². The van der Waals surface area contributed by atoms with Crippen LogP contribution in [0.25, 0.3) is 0 Å². The fourth-order valence-corrected chi connectivity index (χ4v) is 5.23. The average molecular weight is 382 g/mol.